The van der Waals surface area contributed by atoms with Crippen LogP contribution in [0.5, 0.6) is 5.75 Å². The molecule has 0 aliphatic heterocycles. The van der Waals surface area contributed by atoms with Crippen molar-refractivity contribution in [1.29, 1.82) is 0 Å². The van der Waals surface area contributed by atoms with Gasteiger partial charge in [-0.05, 0) is 42.0 Å². The van der Waals surface area contributed by atoms with E-state index in [1.54, 1.807) is 0 Å². The minimum absolute atomic E-state index is 0.115. The first-order valence-electron chi connectivity index (χ1n) is 6.26. The number of primary sulfonamides is 1. The summed E-state index contributed by atoms with van der Waals surface area (Å²) in [5, 5.41) is 17.1. The van der Waals surface area contributed by atoms with Gasteiger partial charge in [-0.3, -0.25) is 4.79 Å². The first-order chi connectivity index (χ1) is 10.7. The van der Waals surface area contributed by atoms with Gasteiger partial charge in [0.25, 0.3) is 0 Å². The predicted octanol–water partition coefficient (Wildman–Crippen LogP) is 2.01. The minimum Gasteiger partial charge on any atom is -0.507 e. The smallest absolute Gasteiger partial charge is 0.241 e. The molecule has 4 N–H and O–H groups in total. The molecule has 0 heterocycles. The third-order valence-corrected chi connectivity index (χ3v) is 4.22. The Morgan fingerprint density at radius 1 is 1.26 bits per heavy atom. The summed E-state index contributed by atoms with van der Waals surface area (Å²) in [7, 11) is -4.14. The highest BCUT2D eigenvalue weighted by atomic mass is 35.5. The van der Waals surface area contributed by atoms with Crippen LogP contribution in [0.1, 0.15) is 5.56 Å². The fourth-order valence-electron chi connectivity index (χ4n) is 1.88. The summed E-state index contributed by atoms with van der Waals surface area (Å²) in [6, 6.07) is 7.05. The van der Waals surface area contributed by atoms with Gasteiger partial charge in [-0.15, -0.1) is 0 Å². The Balaban J connectivity index is 2.19. The van der Waals surface area contributed by atoms with Gasteiger partial charge in [0.05, 0.1) is 6.42 Å². The van der Waals surface area contributed by atoms with Gasteiger partial charge >= 0.3 is 0 Å². The maximum Gasteiger partial charge on any atom is 0.241 e. The van der Waals surface area contributed by atoms with Crippen molar-refractivity contribution in [3.05, 3.63) is 52.8 Å². The van der Waals surface area contributed by atoms with Gasteiger partial charge in [0, 0.05) is 10.7 Å². The number of rotatable bonds is 4. The molecule has 0 aliphatic carbocycles. The highest BCUT2D eigenvalue weighted by molar-refractivity contribution is 7.89. The van der Waals surface area contributed by atoms with Gasteiger partial charge in [-0.2, -0.15) is 0 Å². The van der Waals surface area contributed by atoms with Crippen molar-refractivity contribution in [1.82, 2.24) is 0 Å². The van der Waals surface area contributed by atoms with Crippen molar-refractivity contribution >= 4 is 33.2 Å². The third kappa shape index (κ3) is 4.41. The Morgan fingerprint density at radius 2 is 1.96 bits per heavy atom. The molecule has 2 aromatic rings. The number of halogens is 2. The van der Waals surface area contributed by atoms with Crippen molar-refractivity contribution < 1.29 is 22.7 Å². The van der Waals surface area contributed by atoms with Crippen LogP contribution in [0, 0.1) is 5.82 Å². The number of anilines is 1. The summed E-state index contributed by atoms with van der Waals surface area (Å²) in [5.74, 6) is -1.60. The van der Waals surface area contributed by atoms with Crippen molar-refractivity contribution in [2.75, 3.05) is 5.32 Å². The van der Waals surface area contributed by atoms with Crippen LogP contribution in [0.15, 0.2) is 41.3 Å². The molecular weight excluding hydrogens is 347 g/mol. The zero-order valence-electron chi connectivity index (χ0n) is 11.6. The number of sulfonamides is 1. The molecule has 23 heavy (non-hydrogen) atoms. The van der Waals surface area contributed by atoms with Crippen LogP contribution >= 0.6 is 11.6 Å². The number of carbonyl (C=O) groups excluding carboxylic acids is 1. The Hall–Kier alpha value is -2.16. The number of amides is 1. The van der Waals surface area contributed by atoms with Gasteiger partial charge in [-0.1, -0.05) is 11.6 Å². The maximum atomic E-state index is 13.2. The molecule has 0 saturated carbocycles. The van der Waals surface area contributed by atoms with E-state index in [0.29, 0.717) is 0 Å². The summed E-state index contributed by atoms with van der Waals surface area (Å²) in [5.41, 5.74) is 0.402. The fraction of sp³-hybridized carbons (Fsp3) is 0.0714. The second-order valence-corrected chi connectivity index (χ2v) is 6.63. The van der Waals surface area contributed by atoms with E-state index in [0.717, 1.165) is 18.2 Å². The first-order valence-corrected chi connectivity index (χ1v) is 8.19. The van der Waals surface area contributed by atoms with E-state index < -0.39 is 32.4 Å². The highest BCUT2D eigenvalue weighted by Crippen LogP contribution is 2.25. The van der Waals surface area contributed by atoms with Crippen molar-refractivity contribution in [2.45, 2.75) is 11.3 Å². The number of hydrogen-bond donors (Lipinski definition) is 3. The summed E-state index contributed by atoms with van der Waals surface area (Å²) < 4.78 is 35.8. The number of phenolic OH excluding ortho intramolecular Hbond substituents is 1. The topological polar surface area (TPSA) is 109 Å². The normalized spacial score (nSPS) is 11.3. The fourth-order valence-corrected chi connectivity index (χ4v) is 2.71. The second kappa shape index (κ2) is 6.53. The van der Waals surface area contributed by atoms with E-state index in [1.165, 1.54) is 18.2 Å². The zero-order valence-corrected chi connectivity index (χ0v) is 13.2. The third-order valence-electron chi connectivity index (χ3n) is 2.91. The zero-order chi connectivity index (χ0) is 17.2. The average molecular weight is 359 g/mol. The average Bonchev–Trinajstić information content (AvgIpc) is 2.44. The van der Waals surface area contributed by atoms with E-state index in [4.69, 9.17) is 16.7 Å². The summed E-state index contributed by atoms with van der Waals surface area (Å²) >= 11 is 5.87. The number of hydrogen-bond acceptors (Lipinski definition) is 4. The van der Waals surface area contributed by atoms with Crippen LogP contribution in [0.25, 0.3) is 0 Å². The van der Waals surface area contributed by atoms with Crippen molar-refractivity contribution in [2.24, 2.45) is 5.14 Å². The summed E-state index contributed by atoms with van der Waals surface area (Å²) in [4.78, 5) is 11.4. The molecule has 122 valence electrons. The quantitative estimate of drug-likeness (QED) is 0.726. The van der Waals surface area contributed by atoms with Gasteiger partial charge in [0.1, 0.15) is 16.5 Å². The standard InChI is InChI=1S/C14H12ClFN2O4S/c15-11-3-1-9(16)5-8(11)6-14(20)18-10-2-4-12(19)13(7-10)23(17,21)22/h1-5,7,19H,6H2,(H,18,20)(H2,17,21,22). The van der Waals surface area contributed by atoms with E-state index in [-0.39, 0.29) is 22.7 Å². The van der Waals surface area contributed by atoms with Crippen LogP contribution in [0.2, 0.25) is 5.02 Å². The highest BCUT2D eigenvalue weighted by Gasteiger charge is 2.15. The molecule has 9 heteroatoms. The number of benzene rings is 2. The van der Waals surface area contributed by atoms with Crippen molar-refractivity contribution in [3.8, 4) is 5.75 Å². The Kier molecular flexibility index (Phi) is 4.88. The number of aromatic hydroxyl groups is 1. The van der Waals surface area contributed by atoms with E-state index in [9.17, 15) is 22.7 Å². The van der Waals surface area contributed by atoms with Gasteiger partial charge in [0.15, 0.2) is 0 Å². The van der Waals surface area contributed by atoms with Gasteiger partial charge in [0.2, 0.25) is 15.9 Å². The Labute approximate surface area is 136 Å². The van der Waals surface area contributed by atoms with E-state index in [2.05, 4.69) is 5.32 Å². The van der Waals surface area contributed by atoms with Crippen LogP contribution in [-0.2, 0) is 21.2 Å². The molecule has 1 amide bonds. The van der Waals surface area contributed by atoms with Crippen LogP contribution in [0.3, 0.4) is 0 Å². The Morgan fingerprint density at radius 3 is 2.61 bits per heavy atom. The molecule has 2 aromatic carbocycles. The number of carbonyl (C=O) groups is 1. The monoisotopic (exact) mass is 358 g/mol. The lowest BCUT2D eigenvalue weighted by atomic mass is 10.1. The predicted molar refractivity (Wildman–Crippen MR) is 83.2 cm³/mol. The molecule has 2 rings (SSSR count). The van der Waals surface area contributed by atoms with E-state index >= 15 is 0 Å². The molecule has 6 nitrogen and oxygen atoms in total. The molecular formula is C14H12ClFN2O4S. The van der Waals surface area contributed by atoms with Crippen molar-refractivity contribution in [3.63, 3.8) is 0 Å². The Bertz CT molecular complexity index is 871. The number of nitrogens with one attached hydrogen (secondary N) is 1. The second-order valence-electron chi connectivity index (χ2n) is 4.69. The number of nitrogens with two attached hydrogens (primary N) is 1. The molecule has 0 radical (unpaired) electrons. The molecule has 0 unspecified atom stereocenters. The summed E-state index contributed by atoms with van der Waals surface area (Å²) in [6.45, 7) is 0. The largest absolute Gasteiger partial charge is 0.507 e. The maximum absolute atomic E-state index is 13.2. The SMILES string of the molecule is NS(=O)(=O)c1cc(NC(=O)Cc2cc(F)ccc2Cl)ccc1O. The van der Waals surface area contributed by atoms with Gasteiger partial charge < -0.3 is 10.4 Å². The lowest BCUT2D eigenvalue weighted by molar-refractivity contribution is -0.115. The number of phenols is 1. The van der Waals surface area contributed by atoms with Gasteiger partial charge in [-0.25, -0.2) is 17.9 Å². The molecule has 0 aliphatic rings. The van der Waals surface area contributed by atoms with Crippen LogP contribution in [0.4, 0.5) is 10.1 Å². The molecule has 0 bridgehead atoms. The molecule has 0 saturated heterocycles. The lowest BCUT2D eigenvalue weighted by Crippen LogP contribution is -2.16. The minimum atomic E-state index is -4.14. The first kappa shape index (κ1) is 17.2. The lowest BCUT2D eigenvalue weighted by Gasteiger charge is -2.09. The molecule has 0 atom stereocenters. The van der Waals surface area contributed by atoms with Crippen LogP contribution < -0.4 is 10.5 Å². The van der Waals surface area contributed by atoms with Crippen LogP contribution in [-0.4, -0.2) is 19.4 Å². The molecule has 0 spiro atoms. The summed E-state index contributed by atoms with van der Waals surface area (Å²) in [6.07, 6.45) is -0.206. The molecule has 0 aromatic heterocycles. The molecule has 0 fully saturated rings. The van der Waals surface area contributed by atoms with E-state index in [1.807, 2.05) is 0 Å².